The van der Waals surface area contributed by atoms with Gasteiger partial charge in [0.05, 0.1) is 4.90 Å². The Morgan fingerprint density at radius 1 is 0.958 bits per heavy atom. The summed E-state index contributed by atoms with van der Waals surface area (Å²) >= 11 is 1.77. The van der Waals surface area contributed by atoms with E-state index in [0.717, 1.165) is 5.56 Å². The van der Waals surface area contributed by atoms with E-state index in [1.807, 2.05) is 6.92 Å². The molecule has 126 valence electrons. The number of pyridine rings is 1. The van der Waals surface area contributed by atoms with Crippen LogP contribution in [0.25, 0.3) is 10.9 Å². The zero-order valence-corrected chi connectivity index (χ0v) is 15.4. The maximum Gasteiger partial charge on any atom is 0.240 e. The van der Waals surface area contributed by atoms with E-state index in [2.05, 4.69) is 54.3 Å². The van der Waals surface area contributed by atoms with Crippen molar-refractivity contribution in [3.63, 3.8) is 0 Å². The van der Waals surface area contributed by atoms with Crippen molar-refractivity contribution in [3.8, 4) is 0 Å². The first-order chi connectivity index (χ1) is 11.3. The van der Waals surface area contributed by atoms with Crippen LogP contribution in [0.2, 0.25) is 0 Å². The normalized spacial score (nSPS) is 11.0. The van der Waals surface area contributed by atoms with Gasteiger partial charge in [-0.2, -0.15) is 4.57 Å². The van der Waals surface area contributed by atoms with Crippen molar-refractivity contribution in [3.05, 3.63) is 66.2 Å². The van der Waals surface area contributed by atoms with Gasteiger partial charge in [0.15, 0.2) is 0 Å². The molecule has 6 heteroatoms. The summed E-state index contributed by atoms with van der Waals surface area (Å²) in [6, 6.07) is 18.5. The largest absolute Gasteiger partial charge is 0.744 e. The van der Waals surface area contributed by atoms with Crippen molar-refractivity contribution < 1.29 is 17.5 Å². The molecule has 3 aromatic rings. The SMILES string of the molecule is CSc1ccc2ccccc2[n+]1C.Cc1ccc(S(=O)(=O)[O-])cc1. The molecule has 0 aliphatic rings. The van der Waals surface area contributed by atoms with Gasteiger partial charge in [0.1, 0.15) is 17.2 Å². The predicted octanol–water partition coefficient (Wildman–Crippen LogP) is 3.29. The van der Waals surface area contributed by atoms with Gasteiger partial charge in [0.25, 0.3) is 0 Å². The van der Waals surface area contributed by atoms with E-state index in [0.29, 0.717) is 0 Å². The first kappa shape index (κ1) is 18.4. The number of rotatable bonds is 2. The Labute approximate surface area is 146 Å². The molecule has 0 atom stereocenters. The molecule has 2 aromatic carbocycles. The standard InChI is InChI=1S/C11H12NS.C7H8O3S/c1-12-10-6-4-3-5-9(10)7-8-11(12)13-2;1-6-2-4-7(5-3-6)11(8,9)10/h3-8H,1-2H3;2-5H,1H3,(H,8,9,10)/q+1;/p-1. The van der Waals surface area contributed by atoms with Crippen LogP contribution in [0.4, 0.5) is 0 Å². The van der Waals surface area contributed by atoms with Gasteiger partial charge in [-0.15, -0.1) is 0 Å². The summed E-state index contributed by atoms with van der Waals surface area (Å²) in [5, 5.41) is 2.58. The zero-order valence-electron chi connectivity index (χ0n) is 13.8. The average molecular weight is 361 g/mol. The molecule has 0 aliphatic carbocycles. The predicted molar refractivity (Wildman–Crippen MR) is 96.0 cm³/mol. The van der Waals surface area contributed by atoms with Gasteiger partial charge in [-0.1, -0.05) is 41.6 Å². The average Bonchev–Trinajstić information content (AvgIpc) is 2.56. The highest BCUT2D eigenvalue weighted by Crippen LogP contribution is 2.15. The molecule has 0 aliphatic heterocycles. The minimum Gasteiger partial charge on any atom is -0.744 e. The molecule has 0 saturated heterocycles. The van der Waals surface area contributed by atoms with Crippen LogP contribution in [0.1, 0.15) is 5.56 Å². The molecule has 0 radical (unpaired) electrons. The molecule has 1 aromatic heterocycles. The molecule has 4 nitrogen and oxygen atoms in total. The monoisotopic (exact) mass is 361 g/mol. The Balaban J connectivity index is 0.000000177. The van der Waals surface area contributed by atoms with Gasteiger partial charge in [0, 0.05) is 17.5 Å². The van der Waals surface area contributed by atoms with Crippen LogP contribution in [0.15, 0.2) is 70.6 Å². The van der Waals surface area contributed by atoms with E-state index in [-0.39, 0.29) is 4.90 Å². The second kappa shape index (κ2) is 7.79. The lowest BCUT2D eigenvalue weighted by Crippen LogP contribution is -2.31. The Morgan fingerprint density at radius 3 is 2.17 bits per heavy atom. The fraction of sp³-hybridized carbons (Fsp3) is 0.167. The third kappa shape index (κ3) is 4.56. The van der Waals surface area contributed by atoms with E-state index in [9.17, 15) is 13.0 Å². The second-order valence-electron chi connectivity index (χ2n) is 5.26. The number of hydrogen-bond donors (Lipinski definition) is 0. The van der Waals surface area contributed by atoms with Gasteiger partial charge in [-0.3, -0.25) is 0 Å². The van der Waals surface area contributed by atoms with Crippen LogP contribution in [0.5, 0.6) is 0 Å². The number of aromatic nitrogens is 1. The summed E-state index contributed by atoms with van der Waals surface area (Å²) in [5.74, 6) is 0. The number of fused-ring (bicyclic) bond motifs is 1. The van der Waals surface area contributed by atoms with Crippen LogP contribution in [0, 0.1) is 6.92 Å². The van der Waals surface area contributed by atoms with E-state index in [4.69, 9.17) is 0 Å². The minimum atomic E-state index is -4.27. The number of nitrogens with zero attached hydrogens (tertiary/aromatic N) is 1. The topological polar surface area (TPSA) is 61.1 Å². The maximum atomic E-state index is 10.4. The second-order valence-corrected chi connectivity index (χ2v) is 7.47. The lowest BCUT2D eigenvalue weighted by atomic mass is 10.2. The maximum absolute atomic E-state index is 10.4. The van der Waals surface area contributed by atoms with Crippen molar-refractivity contribution in [2.75, 3.05) is 6.26 Å². The smallest absolute Gasteiger partial charge is 0.240 e. The third-order valence-electron chi connectivity index (χ3n) is 3.55. The fourth-order valence-electron chi connectivity index (χ4n) is 2.24. The molecule has 0 saturated carbocycles. The van der Waals surface area contributed by atoms with Gasteiger partial charge in [0.2, 0.25) is 10.5 Å². The summed E-state index contributed by atoms with van der Waals surface area (Å²) in [7, 11) is -2.16. The van der Waals surface area contributed by atoms with E-state index < -0.39 is 10.1 Å². The molecule has 3 rings (SSSR count). The highest BCUT2D eigenvalue weighted by atomic mass is 32.2. The molecular weight excluding hydrogens is 342 g/mol. The first-order valence-corrected chi connectivity index (χ1v) is 9.90. The van der Waals surface area contributed by atoms with Gasteiger partial charge in [-0.25, -0.2) is 8.42 Å². The summed E-state index contributed by atoms with van der Waals surface area (Å²) in [4.78, 5) is -0.178. The van der Waals surface area contributed by atoms with Crippen LogP contribution in [-0.2, 0) is 17.2 Å². The Bertz CT molecular complexity index is 936. The van der Waals surface area contributed by atoms with Crippen LogP contribution in [0.3, 0.4) is 0 Å². The van der Waals surface area contributed by atoms with Gasteiger partial charge < -0.3 is 4.55 Å². The molecule has 24 heavy (non-hydrogen) atoms. The quantitative estimate of drug-likeness (QED) is 0.399. The molecule has 0 fully saturated rings. The van der Waals surface area contributed by atoms with Crippen molar-refractivity contribution in [1.29, 1.82) is 0 Å². The summed E-state index contributed by atoms with van der Waals surface area (Å²) in [6.07, 6.45) is 2.10. The van der Waals surface area contributed by atoms with Crippen LogP contribution < -0.4 is 4.57 Å². The molecule has 0 N–H and O–H groups in total. The van der Waals surface area contributed by atoms with E-state index >= 15 is 0 Å². The highest BCUT2D eigenvalue weighted by Gasteiger charge is 2.08. The van der Waals surface area contributed by atoms with Crippen molar-refractivity contribution >= 4 is 32.8 Å². The fourth-order valence-corrected chi connectivity index (χ4v) is 3.28. The molecular formula is C18H19NO3S2. The molecule has 0 spiro atoms. The number of aryl methyl sites for hydroxylation is 2. The Hall–Kier alpha value is -1.89. The summed E-state index contributed by atoms with van der Waals surface area (Å²) < 4.78 is 33.4. The number of para-hydroxylation sites is 1. The molecule has 1 heterocycles. The number of benzene rings is 2. The van der Waals surface area contributed by atoms with E-state index in [1.54, 1.807) is 23.9 Å². The summed E-state index contributed by atoms with van der Waals surface area (Å²) in [6.45, 7) is 1.82. The first-order valence-electron chi connectivity index (χ1n) is 7.27. The number of thioether (sulfide) groups is 1. The Morgan fingerprint density at radius 2 is 1.58 bits per heavy atom. The van der Waals surface area contributed by atoms with Crippen molar-refractivity contribution in [2.24, 2.45) is 7.05 Å². The van der Waals surface area contributed by atoms with E-state index in [1.165, 1.54) is 28.1 Å². The third-order valence-corrected chi connectivity index (χ3v) is 5.23. The lowest BCUT2D eigenvalue weighted by molar-refractivity contribution is -0.683. The summed E-state index contributed by atoms with van der Waals surface area (Å²) in [5.41, 5.74) is 2.21. The molecule has 0 bridgehead atoms. The Kier molecular flexibility index (Phi) is 5.99. The van der Waals surface area contributed by atoms with Gasteiger partial charge in [-0.05, 0) is 37.4 Å². The zero-order chi connectivity index (χ0) is 17.7. The van der Waals surface area contributed by atoms with Crippen LogP contribution >= 0.6 is 11.8 Å². The van der Waals surface area contributed by atoms with Gasteiger partial charge >= 0.3 is 0 Å². The van der Waals surface area contributed by atoms with Crippen molar-refractivity contribution in [2.45, 2.75) is 16.8 Å². The van der Waals surface area contributed by atoms with Crippen molar-refractivity contribution in [1.82, 2.24) is 0 Å². The minimum absolute atomic E-state index is 0.178. The number of hydrogen-bond acceptors (Lipinski definition) is 4. The molecule has 0 unspecified atom stereocenters. The van der Waals surface area contributed by atoms with Crippen LogP contribution in [-0.4, -0.2) is 19.2 Å². The highest BCUT2D eigenvalue weighted by molar-refractivity contribution is 7.98. The lowest BCUT2D eigenvalue weighted by Gasteiger charge is -2.05. The molecule has 0 amide bonds.